The minimum atomic E-state index is 1.03. The zero-order valence-electron chi connectivity index (χ0n) is 9.66. The summed E-state index contributed by atoms with van der Waals surface area (Å²) in [4.78, 5) is 6.09. The zero-order chi connectivity index (χ0) is 10.8. The van der Waals surface area contributed by atoms with Crippen LogP contribution in [-0.2, 0) is 0 Å². The summed E-state index contributed by atoms with van der Waals surface area (Å²) in [5.41, 5.74) is 1.24. The quantitative estimate of drug-likeness (QED) is 0.449. The van der Waals surface area contributed by atoms with Crippen LogP contribution in [0.5, 0.6) is 0 Å². The molecule has 2 nitrogen and oxygen atoms in total. The number of likely N-dealkylation sites (N-methyl/N-ethyl adjacent to an activating group) is 1. The fourth-order valence-electron chi connectivity index (χ4n) is 1.21. The molecule has 0 N–H and O–H groups in total. The van der Waals surface area contributed by atoms with Crippen molar-refractivity contribution in [2.75, 3.05) is 19.6 Å². The summed E-state index contributed by atoms with van der Waals surface area (Å²) in [7, 11) is 0. The van der Waals surface area contributed by atoms with E-state index in [-0.39, 0.29) is 0 Å². The zero-order valence-corrected chi connectivity index (χ0v) is 9.66. The molecule has 80 valence electrons. The number of hydrogen-bond acceptors (Lipinski definition) is 2. The number of aliphatic imine (C=N–C) groups is 1. The fraction of sp³-hybridized carbons (Fsp3) is 0.583. The summed E-state index contributed by atoms with van der Waals surface area (Å²) in [5.74, 6) is 0. The van der Waals surface area contributed by atoms with Crippen LogP contribution >= 0.6 is 0 Å². The molecule has 0 bridgehead atoms. The Bertz CT molecular complexity index is 204. The van der Waals surface area contributed by atoms with Crippen molar-refractivity contribution in [3.63, 3.8) is 0 Å². The maximum atomic E-state index is 3.67. The third kappa shape index (κ3) is 6.61. The van der Waals surface area contributed by atoms with E-state index in [1.54, 1.807) is 6.20 Å². The van der Waals surface area contributed by atoms with Crippen LogP contribution in [0.4, 0.5) is 0 Å². The monoisotopic (exact) mass is 194 g/mol. The maximum Gasteiger partial charge on any atom is 0.0263 e. The molecular formula is C12H22N2. The number of rotatable bonds is 7. The van der Waals surface area contributed by atoms with E-state index >= 15 is 0 Å². The lowest BCUT2D eigenvalue weighted by Gasteiger charge is -2.17. The first-order valence-electron chi connectivity index (χ1n) is 5.26. The van der Waals surface area contributed by atoms with Gasteiger partial charge in [0, 0.05) is 12.7 Å². The molecule has 0 aromatic rings. The number of allylic oxidation sites excluding steroid dienone is 2. The average molecular weight is 194 g/mol. The van der Waals surface area contributed by atoms with Gasteiger partial charge in [-0.05, 0) is 39.2 Å². The molecule has 0 aliphatic rings. The number of hydrogen-bond donors (Lipinski definition) is 0. The van der Waals surface area contributed by atoms with Crippen LogP contribution in [0.3, 0.4) is 0 Å². The normalized spacial score (nSPS) is 12.7. The van der Waals surface area contributed by atoms with Gasteiger partial charge in [-0.15, -0.1) is 0 Å². The van der Waals surface area contributed by atoms with E-state index in [2.05, 4.69) is 43.5 Å². The average Bonchev–Trinajstić information content (AvgIpc) is 2.21. The van der Waals surface area contributed by atoms with Gasteiger partial charge in [-0.25, -0.2) is 0 Å². The molecule has 0 aromatic carbocycles. The van der Waals surface area contributed by atoms with Crippen molar-refractivity contribution in [1.82, 2.24) is 4.90 Å². The second-order valence-corrected chi connectivity index (χ2v) is 3.34. The van der Waals surface area contributed by atoms with Crippen molar-refractivity contribution in [2.24, 2.45) is 4.99 Å². The predicted molar refractivity (Wildman–Crippen MR) is 64.9 cm³/mol. The molecular weight excluding hydrogens is 172 g/mol. The summed E-state index contributed by atoms with van der Waals surface area (Å²) >= 11 is 0. The predicted octanol–water partition coefficient (Wildman–Crippen LogP) is 2.88. The van der Waals surface area contributed by atoms with Gasteiger partial charge < -0.3 is 0 Å². The van der Waals surface area contributed by atoms with Gasteiger partial charge in [0.05, 0.1) is 0 Å². The van der Waals surface area contributed by atoms with E-state index in [4.69, 9.17) is 0 Å². The molecule has 0 aromatic heterocycles. The molecule has 0 aliphatic heterocycles. The van der Waals surface area contributed by atoms with Crippen molar-refractivity contribution in [3.05, 3.63) is 23.9 Å². The first-order chi connectivity index (χ1) is 6.74. The fourth-order valence-corrected chi connectivity index (χ4v) is 1.21. The van der Waals surface area contributed by atoms with E-state index in [0.717, 1.165) is 13.1 Å². The van der Waals surface area contributed by atoms with E-state index < -0.39 is 0 Å². The summed E-state index contributed by atoms with van der Waals surface area (Å²) in [6, 6.07) is 0. The van der Waals surface area contributed by atoms with E-state index in [1.165, 1.54) is 18.5 Å². The molecule has 0 atom stereocenters. The van der Waals surface area contributed by atoms with Gasteiger partial charge in [0.15, 0.2) is 0 Å². The van der Waals surface area contributed by atoms with Crippen LogP contribution in [0.15, 0.2) is 28.9 Å². The maximum absolute atomic E-state index is 3.67. The molecule has 2 heteroatoms. The topological polar surface area (TPSA) is 15.6 Å². The smallest absolute Gasteiger partial charge is 0.0263 e. The van der Waals surface area contributed by atoms with Gasteiger partial charge in [-0.3, -0.25) is 9.89 Å². The molecule has 0 spiro atoms. The van der Waals surface area contributed by atoms with Crippen LogP contribution in [0, 0.1) is 0 Å². The van der Waals surface area contributed by atoms with Gasteiger partial charge in [0.25, 0.3) is 0 Å². The molecule has 0 rings (SSSR count). The summed E-state index contributed by atoms with van der Waals surface area (Å²) in [6.45, 7) is 13.2. The molecule has 0 aliphatic carbocycles. The Hall–Kier alpha value is -0.890. The van der Waals surface area contributed by atoms with Crippen LogP contribution in [0.2, 0.25) is 0 Å². The molecule has 0 unspecified atom stereocenters. The highest BCUT2D eigenvalue weighted by Gasteiger charge is 1.96. The molecule has 0 saturated heterocycles. The van der Waals surface area contributed by atoms with Crippen LogP contribution in [0.1, 0.15) is 27.2 Å². The largest absolute Gasteiger partial charge is 0.300 e. The molecule has 0 amide bonds. The molecule has 14 heavy (non-hydrogen) atoms. The van der Waals surface area contributed by atoms with Crippen molar-refractivity contribution in [2.45, 2.75) is 27.2 Å². The number of nitrogens with zero attached hydrogens (tertiary/aromatic N) is 2. The van der Waals surface area contributed by atoms with Crippen molar-refractivity contribution in [3.8, 4) is 0 Å². The standard InChI is InChI=1S/C12H22N2/c1-5-10-14(6-2)11-8-12(3)7-9-13-4/h7-9H,4-6,10-11H2,1-3H3/b9-7-,12-8-. The van der Waals surface area contributed by atoms with Crippen molar-refractivity contribution < 1.29 is 0 Å². The first-order valence-corrected chi connectivity index (χ1v) is 5.26. The highest BCUT2D eigenvalue weighted by molar-refractivity contribution is 5.27. The van der Waals surface area contributed by atoms with Crippen molar-refractivity contribution >= 4 is 6.72 Å². The lowest BCUT2D eigenvalue weighted by molar-refractivity contribution is 0.319. The van der Waals surface area contributed by atoms with Crippen LogP contribution in [0.25, 0.3) is 0 Å². The minimum Gasteiger partial charge on any atom is -0.300 e. The Morgan fingerprint density at radius 3 is 2.64 bits per heavy atom. The first kappa shape index (κ1) is 13.1. The van der Waals surface area contributed by atoms with Crippen molar-refractivity contribution in [1.29, 1.82) is 0 Å². The Balaban J connectivity index is 3.97. The Kier molecular flexibility index (Phi) is 8.14. The summed E-state index contributed by atoms with van der Waals surface area (Å²) < 4.78 is 0. The second-order valence-electron chi connectivity index (χ2n) is 3.34. The lowest BCUT2D eigenvalue weighted by Crippen LogP contribution is -2.24. The van der Waals surface area contributed by atoms with Crippen LogP contribution < -0.4 is 0 Å². The lowest BCUT2D eigenvalue weighted by atomic mass is 10.2. The van der Waals surface area contributed by atoms with Gasteiger partial charge in [-0.2, -0.15) is 0 Å². The van der Waals surface area contributed by atoms with E-state index in [9.17, 15) is 0 Å². The van der Waals surface area contributed by atoms with Gasteiger partial charge in [0.1, 0.15) is 0 Å². The summed E-state index contributed by atoms with van der Waals surface area (Å²) in [5, 5.41) is 0. The SMILES string of the molecule is C=N/C=C\C(C)=C/CN(CC)CCC. The Morgan fingerprint density at radius 2 is 2.14 bits per heavy atom. The minimum absolute atomic E-state index is 1.03. The third-order valence-electron chi connectivity index (χ3n) is 2.10. The Morgan fingerprint density at radius 1 is 1.43 bits per heavy atom. The molecule has 0 heterocycles. The summed E-state index contributed by atoms with van der Waals surface area (Å²) in [6.07, 6.45) is 7.14. The Labute approximate surface area is 88.0 Å². The highest BCUT2D eigenvalue weighted by atomic mass is 15.1. The van der Waals surface area contributed by atoms with Gasteiger partial charge in [0.2, 0.25) is 0 Å². The second kappa shape index (κ2) is 8.70. The van der Waals surface area contributed by atoms with Gasteiger partial charge >= 0.3 is 0 Å². The molecule has 0 radical (unpaired) electrons. The highest BCUT2D eigenvalue weighted by Crippen LogP contribution is 1.98. The van der Waals surface area contributed by atoms with Gasteiger partial charge in [-0.1, -0.05) is 25.5 Å². The molecule has 0 fully saturated rings. The van der Waals surface area contributed by atoms with Crippen LogP contribution in [-0.4, -0.2) is 31.3 Å². The van der Waals surface area contributed by atoms with E-state index in [1.807, 2.05) is 6.08 Å². The molecule has 0 saturated carbocycles. The van der Waals surface area contributed by atoms with E-state index in [0.29, 0.717) is 0 Å². The third-order valence-corrected chi connectivity index (χ3v) is 2.10.